The molecule has 28 heavy (non-hydrogen) atoms. The van der Waals surface area contributed by atoms with Crippen molar-refractivity contribution in [2.75, 3.05) is 32.7 Å². The van der Waals surface area contributed by atoms with Gasteiger partial charge in [-0.2, -0.15) is 0 Å². The first kappa shape index (κ1) is 25.3. The van der Waals surface area contributed by atoms with E-state index < -0.39 is 42.5 Å². The molecule has 1 heterocycles. The van der Waals surface area contributed by atoms with Crippen molar-refractivity contribution in [3.8, 4) is 0 Å². The maximum absolute atomic E-state index is 12.4. The van der Waals surface area contributed by atoms with Crippen molar-refractivity contribution >= 4 is 17.6 Å². The van der Waals surface area contributed by atoms with Gasteiger partial charge in [-0.25, -0.2) is 4.79 Å². The lowest BCUT2D eigenvalue weighted by molar-refractivity contribution is -0.364. The van der Waals surface area contributed by atoms with Gasteiger partial charge in [-0.15, -0.1) is 11.6 Å². The number of urea groups is 1. The molecule has 1 fully saturated rings. The summed E-state index contributed by atoms with van der Waals surface area (Å²) in [5, 5.41) is 54.5. The minimum atomic E-state index is -2.16. The fourth-order valence-corrected chi connectivity index (χ4v) is 3.16. The highest BCUT2D eigenvalue weighted by molar-refractivity contribution is 6.18. The van der Waals surface area contributed by atoms with Gasteiger partial charge >= 0.3 is 6.03 Å². The molecule has 0 radical (unpaired) electrons. The quantitative estimate of drug-likeness (QED) is 0.138. The molecule has 6 N–H and O–H groups in total. The maximum atomic E-state index is 12.4. The molecular weight excluding hydrogens is 396 g/mol. The number of carbonyl (C=O) groups excluding carboxylic acids is 1. The van der Waals surface area contributed by atoms with Crippen LogP contribution in [0.3, 0.4) is 0 Å². The number of hydrogen-bond donors (Lipinski definition) is 6. The molecule has 0 saturated carbocycles. The van der Waals surface area contributed by atoms with Crippen LogP contribution in [0.25, 0.3) is 0 Å². The van der Waals surface area contributed by atoms with Crippen LogP contribution in [0.2, 0.25) is 0 Å². The second-order valence-corrected chi connectivity index (χ2v) is 7.21. The van der Waals surface area contributed by atoms with Gasteiger partial charge in [-0.1, -0.05) is 13.3 Å². The highest BCUT2D eigenvalue weighted by atomic mass is 35.5. The topological polar surface area (TPSA) is 152 Å². The number of nitrogens with zero attached hydrogens (tertiary/aromatic N) is 1. The summed E-state index contributed by atoms with van der Waals surface area (Å²) in [6, 6.07) is -0.655. The predicted octanol–water partition coefficient (Wildman–Crippen LogP) is -1.05. The molecule has 1 unspecified atom stereocenters. The lowest BCUT2D eigenvalue weighted by atomic mass is 9.88. The molecule has 10 nitrogen and oxygen atoms in total. The zero-order valence-corrected chi connectivity index (χ0v) is 17.1. The SMILES string of the molecule is CCCC[C@]1(O)O[C@H](C(O)N(CCCOC)C(=O)NCCCl)[C@@H](O)[C@H](O)[C@H]1O. The third-order valence-electron chi connectivity index (χ3n) is 4.69. The Morgan fingerprint density at radius 1 is 1.32 bits per heavy atom. The van der Waals surface area contributed by atoms with Crippen LogP contribution in [0, 0.1) is 0 Å². The van der Waals surface area contributed by atoms with Crippen LogP contribution < -0.4 is 5.32 Å². The first-order chi connectivity index (χ1) is 13.2. The largest absolute Gasteiger partial charge is 0.387 e. The van der Waals surface area contributed by atoms with E-state index >= 15 is 0 Å². The van der Waals surface area contributed by atoms with Crippen molar-refractivity contribution in [2.24, 2.45) is 0 Å². The summed E-state index contributed by atoms with van der Waals surface area (Å²) < 4.78 is 10.4. The van der Waals surface area contributed by atoms with Crippen molar-refractivity contribution in [3.05, 3.63) is 0 Å². The van der Waals surface area contributed by atoms with Gasteiger partial charge in [0, 0.05) is 39.1 Å². The first-order valence-corrected chi connectivity index (χ1v) is 9.98. The van der Waals surface area contributed by atoms with E-state index in [-0.39, 0.29) is 25.4 Å². The summed E-state index contributed by atoms with van der Waals surface area (Å²) in [5.74, 6) is -2.00. The summed E-state index contributed by atoms with van der Waals surface area (Å²) in [7, 11) is 1.49. The Bertz CT molecular complexity index is 474. The van der Waals surface area contributed by atoms with E-state index in [1.165, 1.54) is 7.11 Å². The third-order valence-corrected chi connectivity index (χ3v) is 4.88. The lowest BCUT2D eigenvalue weighted by Crippen LogP contribution is -2.69. The number of alkyl halides is 1. The number of carbonyl (C=O) groups is 1. The maximum Gasteiger partial charge on any atom is 0.319 e. The number of methoxy groups -OCH3 is 1. The van der Waals surface area contributed by atoms with E-state index in [1.807, 2.05) is 6.92 Å². The smallest absolute Gasteiger partial charge is 0.319 e. The van der Waals surface area contributed by atoms with Gasteiger partial charge in [0.15, 0.2) is 12.0 Å². The highest BCUT2D eigenvalue weighted by Crippen LogP contribution is 2.34. The van der Waals surface area contributed by atoms with Crippen LogP contribution in [0.15, 0.2) is 0 Å². The van der Waals surface area contributed by atoms with Gasteiger partial charge in [0.2, 0.25) is 0 Å². The molecule has 1 aliphatic heterocycles. The molecule has 11 heteroatoms. The second-order valence-electron chi connectivity index (χ2n) is 6.83. The molecule has 0 aromatic carbocycles. The van der Waals surface area contributed by atoms with Crippen molar-refractivity contribution < 1.29 is 39.8 Å². The van der Waals surface area contributed by atoms with Crippen molar-refractivity contribution in [3.63, 3.8) is 0 Å². The number of ether oxygens (including phenoxy) is 2. The minimum Gasteiger partial charge on any atom is -0.387 e. The van der Waals surface area contributed by atoms with Crippen LogP contribution in [0.4, 0.5) is 4.79 Å². The lowest BCUT2D eigenvalue weighted by Gasteiger charge is -2.48. The van der Waals surface area contributed by atoms with Crippen LogP contribution in [-0.4, -0.2) is 106 Å². The van der Waals surface area contributed by atoms with E-state index in [9.17, 15) is 30.3 Å². The fraction of sp³-hybridized carbons (Fsp3) is 0.941. The predicted molar refractivity (Wildman–Crippen MR) is 101 cm³/mol. The second kappa shape index (κ2) is 12.1. The first-order valence-electron chi connectivity index (χ1n) is 9.45. The average molecular weight is 429 g/mol. The van der Waals surface area contributed by atoms with Gasteiger partial charge in [-0.3, -0.25) is 4.90 Å². The standard InChI is InChI=1S/C17H33ClN2O8/c1-3-4-6-17(26)14(23)12(22)11(21)13(28-17)15(24)20(9-5-10-27-2)16(25)19-8-7-18/h11-15,21-24,26H,3-10H2,1-2H3,(H,19,25)/t11-,12-,13-,14+,15?,17-/m0/s1. The summed E-state index contributed by atoms with van der Waals surface area (Å²) in [6.07, 6.45) is -6.94. The van der Waals surface area contributed by atoms with E-state index in [0.29, 0.717) is 25.9 Å². The van der Waals surface area contributed by atoms with Gasteiger partial charge in [0.25, 0.3) is 0 Å². The summed E-state index contributed by atoms with van der Waals surface area (Å²) >= 11 is 5.58. The number of hydrogen-bond acceptors (Lipinski definition) is 8. The monoisotopic (exact) mass is 428 g/mol. The van der Waals surface area contributed by atoms with Crippen LogP contribution in [-0.2, 0) is 9.47 Å². The van der Waals surface area contributed by atoms with Gasteiger partial charge < -0.3 is 40.3 Å². The van der Waals surface area contributed by atoms with Crippen molar-refractivity contribution in [2.45, 2.75) is 69.0 Å². The number of rotatable bonds is 11. The van der Waals surface area contributed by atoms with E-state index in [4.69, 9.17) is 21.1 Å². The zero-order valence-electron chi connectivity index (χ0n) is 16.3. The van der Waals surface area contributed by atoms with Gasteiger partial charge in [0.05, 0.1) is 0 Å². The molecule has 6 atom stereocenters. The number of aliphatic hydroxyl groups is 5. The minimum absolute atomic E-state index is 0.0141. The average Bonchev–Trinajstić information content (AvgIpc) is 2.68. The molecular formula is C17H33ClN2O8. The van der Waals surface area contributed by atoms with Crippen molar-refractivity contribution in [1.29, 1.82) is 0 Å². The molecule has 166 valence electrons. The Labute approximate surface area is 170 Å². The third kappa shape index (κ3) is 6.39. The molecule has 2 amide bonds. The summed E-state index contributed by atoms with van der Waals surface area (Å²) in [6.45, 7) is 2.41. The van der Waals surface area contributed by atoms with E-state index in [0.717, 1.165) is 4.90 Å². The molecule has 1 aliphatic rings. The Morgan fingerprint density at radius 3 is 2.57 bits per heavy atom. The van der Waals surface area contributed by atoms with Crippen LogP contribution in [0.5, 0.6) is 0 Å². The molecule has 0 aromatic rings. The summed E-state index contributed by atoms with van der Waals surface area (Å²) in [5.41, 5.74) is 0. The number of aliphatic hydroxyl groups excluding tert-OH is 4. The van der Waals surface area contributed by atoms with Crippen LogP contribution in [0.1, 0.15) is 32.6 Å². The Hall–Kier alpha value is -0.720. The van der Waals surface area contributed by atoms with E-state index in [2.05, 4.69) is 5.32 Å². The Balaban J connectivity index is 3.02. The molecule has 0 aromatic heterocycles. The molecule has 0 bridgehead atoms. The number of amides is 2. The van der Waals surface area contributed by atoms with Crippen LogP contribution >= 0.6 is 11.6 Å². The molecule has 0 aliphatic carbocycles. The van der Waals surface area contributed by atoms with E-state index in [1.54, 1.807) is 0 Å². The Morgan fingerprint density at radius 2 is 2.00 bits per heavy atom. The number of unbranched alkanes of at least 4 members (excludes halogenated alkanes) is 1. The molecule has 1 rings (SSSR count). The van der Waals surface area contributed by atoms with Gasteiger partial charge in [0.1, 0.15) is 24.4 Å². The normalized spacial score (nSPS) is 31.4. The number of nitrogens with one attached hydrogen (secondary N) is 1. The molecule has 0 spiro atoms. The fourth-order valence-electron chi connectivity index (χ4n) is 3.06. The van der Waals surface area contributed by atoms with Gasteiger partial charge in [-0.05, 0) is 12.8 Å². The molecule has 1 saturated heterocycles. The number of halogens is 1. The highest BCUT2D eigenvalue weighted by Gasteiger charge is 2.55. The Kier molecular flexibility index (Phi) is 10.9. The zero-order chi connectivity index (χ0) is 21.3. The summed E-state index contributed by atoms with van der Waals surface area (Å²) in [4.78, 5) is 13.4. The van der Waals surface area contributed by atoms with Crippen molar-refractivity contribution in [1.82, 2.24) is 10.2 Å².